The van der Waals surface area contributed by atoms with Gasteiger partial charge >= 0.3 is 6.09 Å². The minimum absolute atomic E-state index is 0.0857. The third kappa shape index (κ3) is 3.60. The van der Waals surface area contributed by atoms with Gasteiger partial charge in [-0.3, -0.25) is 4.79 Å². The monoisotopic (exact) mass is 473 g/mol. The number of rotatable bonds is 3. The van der Waals surface area contributed by atoms with Crippen LogP contribution in [0.15, 0.2) is 40.9 Å². The van der Waals surface area contributed by atoms with Crippen molar-refractivity contribution in [3.05, 3.63) is 52.0 Å². The van der Waals surface area contributed by atoms with E-state index in [1.807, 2.05) is 0 Å². The van der Waals surface area contributed by atoms with Crippen LogP contribution < -0.4 is 19.5 Å². The highest BCUT2D eigenvalue weighted by atomic mass is 79.9. The van der Waals surface area contributed by atoms with Crippen LogP contribution in [-0.2, 0) is 4.74 Å². The molecule has 2 atom stereocenters. The summed E-state index contributed by atoms with van der Waals surface area (Å²) < 4.78 is 23.3. The Bertz CT molecular complexity index is 1000. The van der Waals surface area contributed by atoms with Crippen molar-refractivity contribution in [2.45, 2.75) is 43.9 Å². The number of nitrogens with one attached hydrogen (secondary N) is 1. The molecule has 0 spiro atoms. The first kappa shape index (κ1) is 19.2. The summed E-state index contributed by atoms with van der Waals surface area (Å²) in [6.45, 7) is 0.143. The first-order valence-electron chi connectivity index (χ1n) is 9.95. The van der Waals surface area contributed by atoms with Gasteiger partial charge in [0.25, 0.3) is 0 Å². The Morgan fingerprint density at radius 2 is 1.80 bits per heavy atom. The molecule has 2 aromatic rings. The summed E-state index contributed by atoms with van der Waals surface area (Å²) in [6, 6.07) is 10.6. The van der Waals surface area contributed by atoms with Crippen LogP contribution in [0.3, 0.4) is 0 Å². The van der Waals surface area contributed by atoms with Gasteiger partial charge in [-0.2, -0.15) is 0 Å². The van der Waals surface area contributed by atoms with Crippen LogP contribution in [-0.4, -0.2) is 30.8 Å². The summed E-state index contributed by atoms with van der Waals surface area (Å²) in [5.74, 6) is 1.34. The van der Waals surface area contributed by atoms with Gasteiger partial charge in [0.1, 0.15) is 5.75 Å². The van der Waals surface area contributed by atoms with Gasteiger partial charge in [0, 0.05) is 16.1 Å². The molecule has 1 fully saturated rings. The van der Waals surface area contributed by atoms with Gasteiger partial charge in [0.05, 0.1) is 5.56 Å². The molecule has 1 amide bonds. The third-order valence-electron chi connectivity index (χ3n) is 5.63. The summed E-state index contributed by atoms with van der Waals surface area (Å²) in [6.07, 6.45) is 1.49. The maximum atomic E-state index is 13.3. The zero-order chi connectivity index (χ0) is 20.7. The fourth-order valence-corrected chi connectivity index (χ4v) is 4.48. The second-order valence-electron chi connectivity index (χ2n) is 7.61. The van der Waals surface area contributed by atoms with Crippen molar-refractivity contribution in [3.63, 3.8) is 0 Å². The average molecular weight is 474 g/mol. The Balaban J connectivity index is 1.46. The fraction of sp³-hybridized carbons (Fsp3) is 0.364. The number of amides is 1. The Hall–Kier alpha value is -2.74. The van der Waals surface area contributed by atoms with E-state index >= 15 is 0 Å². The van der Waals surface area contributed by atoms with Gasteiger partial charge < -0.3 is 24.3 Å². The molecule has 2 aromatic carbocycles. The number of halogens is 1. The second kappa shape index (κ2) is 7.83. The number of ketones is 1. The number of Topliss-reactive ketones (excluding diaryl/α,β-unsaturated/α-hetero) is 1. The molecule has 5 rings (SSSR count). The molecule has 30 heavy (non-hydrogen) atoms. The molecular formula is C22H20BrNO6. The molecule has 0 saturated heterocycles. The van der Waals surface area contributed by atoms with E-state index in [1.54, 1.807) is 36.4 Å². The van der Waals surface area contributed by atoms with Crippen LogP contribution in [0.4, 0.5) is 4.79 Å². The van der Waals surface area contributed by atoms with Crippen molar-refractivity contribution < 1.29 is 28.5 Å². The highest BCUT2D eigenvalue weighted by Gasteiger charge is 2.42. The first-order valence-corrected chi connectivity index (χ1v) is 10.7. The van der Waals surface area contributed by atoms with E-state index in [1.165, 1.54) is 0 Å². The number of carbonyl (C=O) groups excluding carboxylic acids is 2. The normalized spacial score (nSPS) is 22.4. The molecular weight excluding hydrogens is 454 g/mol. The predicted molar refractivity (Wildman–Crippen MR) is 110 cm³/mol. The lowest BCUT2D eigenvalue weighted by atomic mass is 9.93. The van der Waals surface area contributed by atoms with Gasteiger partial charge in [-0.15, -0.1) is 0 Å². The van der Waals surface area contributed by atoms with E-state index in [0.29, 0.717) is 28.4 Å². The Kier molecular flexibility index (Phi) is 5.02. The van der Waals surface area contributed by atoms with Crippen LogP contribution in [0, 0.1) is 0 Å². The largest absolute Gasteiger partial charge is 0.481 e. The molecule has 2 heterocycles. The summed E-state index contributed by atoms with van der Waals surface area (Å²) in [5.41, 5.74) is 1.04. The molecule has 3 aliphatic rings. The lowest BCUT2D eigenvalue weighted by molar-refractivity contribution is 0.00823. The van der Waals surface area contributed by atoms with Crippen LogP contribution >= 0.6 is 15.9 Å². The minimum Gasteiger partial charge on any atom is -0.481 e. The quantitative estimate of drug-likeness (QED) is 0.704. The van der Waals surface area contributed by atoms with Crippen molar-refractivity contribution in [2.24, 2.45) is 0 Å². The zero-order valence-corrected chi connectivity index (χ0v) is 17.6. The van der Waals surface area contributed by atoms with Crippen LogP contribution in [0.5, 0.6) is 17.2 Å². The molecule has 1 unspecified atom stereocenters. The Labute approximate surface area is 181 Å². The van der Waals surface area contributed by atoms with E-state index in [0.717, 1.165) is 30.2 Å². The molecule has 0 radical (unpaired) electrons. The lowest BCUT2D eigenvalue weighted by Crippen LogP contribution is -2.43. The standard InChI is InChI=1S/C22H20BrNO6/c23-13-6-8-16-15(10-13)19(25)21(30-22(26)24-14-3-1-2-4-14)20(29-16)12-5-7-17-18(9-12)28-11-27-17/h5-10,14,20-21H,1-4,11H2,(H,24,26)/t20-,21?/m0/s1. The number of hydrogen-bond donors (Lipinski definition) is 1. The molecule has 0 bridgehead atoms. The van der Waals surface area contributed by atoms with Crippen molar-refractivity contribution in [2.75, 3.05) is 6.79 Å². The SMILES string of the molecule is O=C(NC1CCCC1)OC1C(=O)c2cc(Br)ccc2O[C@H]1c1ccc2c(c1)OCO2. The van der Waals surface area contributed by atoms with E-state index in [-0.39, 0.29) is 18.6 Å². The Morgan fingerprint density at radius 3 is 2.63 bits per heavy atom. The van der Waals surface area contributed by atoms with Gasteiger partial charge in [0.15, 0.2) is 17.6 Å². The summed E-state index contributed by atoms with van der Waals surface area (Å²) >= 11 is 3.38. The van der Waals surface area contributed by atoms with Gasteiger partial charge in [0.2, 0.25) is 18.7 Å². The molecule has 1 N–H and O–H groups in total. The average Bonchev–Trinajstić information content (AvgIpc) is 3.41. The molecule has 8 heteroatoms. The fourth-order valence-electron chi connectivity index (χ4n) is 4.12. The van der Waals surface area contributed by atoms with E-state index in [2.05, 4.69) is 21.2 Å². The highest BCUT2D eigenvalue weighted by Crippen LogP contribution is 2.41. The number of fused-ring (bicyclic) bond motifs is 2. The number of benzene rings is 2. The Morgan fingerprint density at radius 1 is 1.03 bits per heavy atom. The summed E-state index contributed by atoms with van der Waals surface area (Å²) in [4.78, 5) is 25.9. The van der Waals surface area contributed by atoms with Crippen molar-refractivity contribution >= 4 is 27.8 Å². The molecule has 2 aliphatic heterocycles. The zero-order valence-electron chi connectivity index (χ0n) is 16.1. The van der Waals surface area contributed by atoms with Gasteiger partial charge in [-0.05, 0) is 43.2 Å². The smallest absolute Gasteiger partial charge is 0.408 e. The first-order chi connectivity index (χ1) is 14.6. The maximum absolute atomic E-state index is 13.3. The van der Waals surface area contributed by atoms with Crippen LogP contribution in [0.25, 0.3) is 0 Å². The van der Waals surface area contributed by atoms with Crippen molar-refractivity contribution in [1.82, 2.24) is 5.32 Å². The lowest BCUT2D eigenvalue weighted by Gasteiger charge is -2.32. The van der Waals surface area contributed by atoms with Crippen molar-refractivity contribution in [3.8, 4) is 17.2 Å². The molecule has 1 aliphatic carbocycles. The minimum atomic E-state index is -1.12. The third-order valence-corrected chi connectivity index (χ3v) is 6.12. The summed E-state index contributed by atoms with van der Waals surface area (Å²) in [5, 5.41) is 2.87. The summed E-state index contributed by atoms with van der Waals surface area (Å²) in [7, 11) is 0. The van der Waals surface area contributed by atoms with E-state index in [9.17, 15) is 9.59 Å². The molecule has 156 valence electrons. The van der Waals surface area contributed by atoms with E-state index in [4.69, 9.17) is 18.9 Å². The van der Waals surface area contributed by atoms with Crippen LogP contribution in [0.2, 0.25) is 0 Å². The van der Waals surface area contributed by atoms with Crippen LogP contribution in [0.1, 0.15) is 47.7 Å². The van der Waals surface area contributed by atoms with Gasteiger partial charge in [-0.1, -0.05) is 34.8 Å². The highest BCUT2D eigenvalue weighted by molar-refractivity contribution is 9.10. The topological polar surface area (TPSA) is 83.1 Å². The number of alkyl carbamates (subject to hydrolysis) is 1. The predicted octanol–water partition coefficient (Wildman–Crippen LogP) is 4.53. The maximum Gasteiger partial charge on any atom is 0.408 e. The number of carbonyl (C=O) groups is 2. The second-order valence-corrected chi connectivity index (χ2v) is 8.52. The van der Waals surface area contributed by atoms with Gasteiger partial charge in [-0.25, -0.2) is 4.79 Å². The molecule has 7 nitrogen and oxygen atoms in total. The number of hydrogen-bond acceptors (Lipinski definition) is 6. The molecule has 0 aromatic heterocycles. The number of ether oxygens (including phenoxy) is 4. The van der Waals surface area contributed by atoms with E-state index < -0.39 is 18.3 Å². The molecule has 1 saturated carbocycles. The van der Waals surface area contributed by atoms with Crippen molar-refractivity contribution in [1.29, 1.82) is 0 Å².